The van der Waals surface area contributed by atoms with E-state index in [2.05, 4.69) is 5.23 Å². The molecule has 0 spiro atoms. The molecule has 0 aliphatic heterocycles. The van der Waals surface area contributed by atoms with Crippen molar-refractivity contribution >= 4 is 7.05 Å². The molecule has 0 atom stereocenters. The number of unbranched alkanes of at least 4 members (excludes halogenated alkanes) is 3. The summed E-state index contributed by atoms with van der Waals surface area (Å²) in [5.41, 5.74) is 0. The molecule has 1 rings (SSSR count). The number of phenols is 1. The number of ether oxygens (including phenoxy) is 2. The van der Waals surface area contributed by atoms with Crippen LogP contribution in [0.3, 0.4) is 0 Å². The number of aromatic hydroxyl groups is 1. The second kappa shape index (κ2) is 11.2. The van der Waals surface area contributed by atoms with Gasteiger partial charge in [0.15, 0.2) is 0 Å². The lowest BCUT2D eigenvalue weighted by Crippen LogP contribution is -2.31. The highest BCUT2D eigenvalue weighted by Gasteiger charge is 2.03. The number of phenolic OH excluding ortho intramolecular Hbond substituents is 1. The highest BCUT2D eigenvalue weighted by Crippen LogP contribution is 2.27. The molecule has 5 nitrogen and oxygen atoms in total. The molecular weight excluding hydrogens is 281 g/mol. The van der Waals surface area contributed by atoms with Crippen molar-refractivity contribution in [3.63, 3.8) is 0 Å². The predicted molar refractivity (Wildman–Crippen MR) is 89.7 cm³/mol. The second-order valence-electron chi connectivity index (χ2n) is 5.40. The fourth-order valence-electron chi connectivity index (χ4n) is 2.02. The van der Waals surface area contributed by atoms with Gasteiger partial charge in [-0.25, -0.2) is 0 Å². The Morgan fingerprint density at radius 2 is 1.64 bits per heavy atom. The fraction of sp³-hybridized carbons (Fsp3) is 0.625. The van der Waals surface area contributed by atoms with Crippen LogP contribution >= 0.6 is 0 Å². The highest BCUT2D eigenvalue weighted by molar-refractivity contribution is 6.45. The Bertz CT molecular complexity index is 415. The molecule has 1 aromatic carbocycles. The number of benzene rings is 1. The van der Waals surface area contributed by atoms with Crippen LogP contribution in [0.15, 0.2) is 18.2 Å². The topological polar surface area (TPSA) is 71.0 Å². The van der Waals surface area contributed by atoms with Crippen molar-refractivity contribution in [1.82, 2.24) is 5.23 Å². The summed E-state index contributed by atoms with van der Waals surface area (Å²) in [6.07, 6.45) is 5.13. The van der Waals surface area contributed by atoms with E-state index in [1.807, 2.05) is 13.0 Å². The van der Waals surface area contributed by atoms with Crippen LogP contribution < -0.4 is 14.7 Å². The summed E-state index contributed by atoms with van der Waals surface area (Å²) in [6, 6.07) is 5.00. The first-order chi connectivity index (χ1) is 10.6. The molecule has 0 aliphatic rings. The van der Waals surface area contributed by atoms with Gasteiger partial charge in [-0.1, -0.05) is 19.8 Å². The van der Waals surface area contributed by atoms with Crippen LogP contribution in [0.5, 0.6) is 17.2 Å². The van der Waals surface area contributed by atoms with Gasteiger partial charge in [0, 0.05) is 18.2 Å². The number of rotatable bonds is 12. The van der Waals surface area contributed by atoms with Gasteiger partial charge < -0.3 is 24.8 Å². The first-order valence-electron chi connectivity index (χ1n) is 8.13. The molecule has 3 N–H and O–H groups in total. The van der Waals surface area contributed by atoms with Gasteiger partial charge in [0.1, 0.15) is 17.2 Å². The lowest BCUT2D eigenvalue weighted by Gasteiger charge is -2.10. The Morgan fingerprint density at radius 3 is 2.27 bits per heavy atom. The Hall–Kier alpha value is -1.40. The van der Waals surface area contributed by atoms with Gasteiger partial charge in [-0.15, -0.1) is 0 Å². The molecule has 0 amide bonds. The molecule has 6 heteroatoms. The third-order valence-electron chi connectivity index (χ3n) is 3.12. The van der Waals surface area contributed by atoms with E-state index in [9.17, 15) is 5.11 Å². The average Bonchev–Trinajstić information content (AvgIpc) is 2.47. The van der Waals surface area contributed by atoms with Crippen LogP contribution in [0, 0.1) is 0 Å². The van der Waals surface area contributed by atoms with Crippen LogP contribution in [0.4, 0.5) is 0 Å². The lowest BCUT2D eigenvalue weighted by atomic mass is 9.89. The highest BCUT2D eigenvalue weighted by atomic mass is 16.5. The van der Waals surface area contributed by atoms with Gasteiger partial charge in [-0.05, 0) is 32.6 Å². The summed E-state index contributed by atoms with van der Waals surface area (Å²) in [4.78, 5) is 0. The van der Waals surface area contributed by atoms with Crippen molar-refractivity contribution in [2.45, 2.75) is 45.9 Å². The standard InChI is InChI=1S/C16H28BNO4/c1-3-9-21-15-11-14(19)12-16(13-15)22-10-7-5-4-6-8-18-17(2)20/h11-13,18-20H,3-10H2,1-2H3. The zero-order chi connectivity index (χ0) is 16.2. The van der Waals surface area contributed by atoms with Crippen molar-refractivity contribution in [3.05, 3.63) is 18.2 Å². The van der Waals surface area contributed by atoms with Gasteiger partial charge in [0.2, 0.25) is 0 Å². The van der Waals surface area contributed by atoms with Crippen molar-refractivity contribution in [3.8, 4) is 17.2 Å². The lowest BCUT2D eigenvalue weighted by molar-refractivity contribution is 0.291. The Kier molecular flexibility index (Phi) is 9.50. The van der Waals surface area contributed by atoms with E-state index in [0.29, 0.717) is 24.7 Å². The van der Waals surface area contributed by atoms with Crippen molar-refractivity contribution in [1.29, 1.82) is 0 Å². The van der Waals surface area contributed by atoms with Gasteiger partial charge in [0.05, 0.1) is 13.2 Å². The SMILES string of the molecule is CCCOc1cc(O)cc(OCCCCCCNB(C)O)c1. The molecule has 0 aliphatic carbocycles. The molecule has 1 aromatic rings. The van der Waals surface area contributed by atoms with Crippen molar-refractivity contribution in [2.24, 2.45) is 0 Å². The largest absolute Gasteiger partial charge is 0.508 e. The first-order valence-corrected chi connectivity index (χ1v) is 8.13. The maximum absolute atomic E-state index is 9.65. The molecule has 0 bridgehead atoms. The van der Waals surface area contributed by atoms with E-state index in [0.717, 1.165) is 38.6 Å². The van der Waals surface area contributed by atoms with E-state index in [1.54, 1.807) is 19.0 Å². The fourth-order valence-corrected chi connectivity index (χ4v) is 2.02. The molecule has 0 unspecified atom stereocenters. The third-order valence-corrected chi connectivity index (χ3v) is 3.12. The van der Waals surface area contributed by atoms with E-state index in [1.165, 1.54) is 0 Å². The van der Waals surface area contributed by atoms with E-state index in [-0.39, 0.29) is 5.75 Å². The Labute approximate surface area is 133 Å². The average molecular weight is 309 g/mol. The van der Waals surface area contributed by atoms with E-state index >= 15 is 0 Å². The third kappa shape index (κ3) is 8.80. The summed E-state index contributed by atoms with van der Waals surface area (Å²) >= 11 is 0. The summed E-state index contributed by atoms with van der Waals surface area (Å²) in [5, 5.41) is 21.7. The van der Waals surface area contributed by atoms with E-state index < -0.39 is 7.05 Å². The summed E-state index contributed by atoms with van der Waals surface area (Å²) in [6.45, 7) is 5.85. The monoisotopic (exact) mass is 309 g/mol. The quantitative estimate of drug-likeness (QED) is 0.409. The molecule has 22 heavy (non-hydrogen) atoms. The van der Waals surface area contributed by atoms with E-state index in [4.69, 9.17) is 14.5 Å². The van der Waals surface area contributed by atoms with Crippen molar-refractivity contribution < 1.29 is 19.6 Å². The van der Waals surface area contributed by atoms with Crippen LogP contribution in [-0.4, -0.2) is 36.9 Å². The molecule has 0 saturated heterocycles. The summed E-state index contributed by atoms with van der Waals surface area (Å²) in [5.74, 6) is 1.44. The van der Waals surface area contributed by atoms with Crippen molar-refractivity contribution in [2.75, 3.05) is 19.8 Å². The molecular formula is C16H28BNO4. The van der Waals surface area contributed by atoms with Crippen LogP contribution in [0.1, 0.15) is 39.0 Å². The van der Waals surface area contributed by atoms with Gasteiger partial charge in [0.25, 0.3) is 0 Å². The second-order valence-corrected chi connectivity index (χ2v) is 5.40. The Balaban J connectivity index is 2.17. The van der Waals surface area contributed by atoms with Gasteiger partial charge in [-0.2, -0.15) is 0 Å². The normalized spacial score (nSPS) is 10.5. The maximum atomic E-state index is 9.65. The zero-order valence-electron chi connectivity index (χ0n) is 13.7. The van der Waals surface area contributed by atoms with Gasteiger partial charge in [-0.3, -0.25) is 0 Å². The maximum Gasteiger partial charge on any atom is 0.373 e. The number of hydrogen-bond acceptors (Lipinski definition) is 5. The minimum Gasteiger partial charge on any atom is -0.508 e. The minimum absolute atomic E-state index is 0.160. The summed E-state index contributed by atoms with van der Waals surface area (Å²) in [7, 11) is -0.432. The molecule has 0 heterocycles. The Morgan fingerprint density at radius 1 is 1.00 bits per heavy atom. The number of hydrogen-bond donors (Lipinski definition) is 3. The molecule has 0 aromatic heterocycles. The van der Waals surface area contributed by atoms with Crippen LogP contribution in [0.2, 0.25) is 6.82 Å². The summed E-state index contributed by atoms with van der Waals surface area (Å²) < 4.78 is 11.2. The van der Waals surface area contributed by atoms with Crippen LogP contribution in [-0.2, 0) is 0 Å². The predicted octanol–water partition coefficient (Wildman–Crippen LogP) is 2.82. The molecule has 0 radical (unpaired) electrons. The zero-order valence-corrected chi connectivity index (χ0v) is 13.7. The molecule has 0 fully saturated rings. The molecule has 0 saturated carbocycles. The number of nitrogens with one attached hydrogen (secondary N) is 1. The van der Waals surface area contributed by atoms with Gasteiger partial charge >= 0.3 is 7.05 Å². The smallest absolute Gasteiger partial charge is 0.373 e. The first kappa shape index (κ1) is 18.7. The van der Waals surface area contributed by atoms with Crippen LogP contribution in [0.25, 0.3) is 0 Å². The minimum atomic E-state index is -0.432. The molecule has 124 valence electrons.